The zero-order valence-corrected chi connectivity index (χ0v) is 11.1. The van der Waals surface area contributed by atoms with E-state index in [-0.39, 0.29) is 0 Å². The number of benzene rings is 1. The number of anilines is 1. The van der Waals surface area contributed by atoms with E-state index in [4.69, 9.17) is 5.11 Å². The van der Waals surface area contributed by atoms with Gasteiger partial charge in [0.2, 0.25) is 0 Å². The molecule has 0 saturated heterocycles. The van der Waals surface area contributed by atoms with Crippen molar-refractivity contribution in [3.05, 3.63) is 41.5 Å². The van der Waals surface area contributed by atoms with Crippen LogP contribution in [0.4, 0.5) is 5.69 Å². The molecule has 3 rings (SSSR count). The summed E-state index contributed by atoms with van der Waals surface area (Å²) in [7, 11) is 0. The third-order valence-corrected chi connectivity index (χ3v) is 4.33. The van der Waals surface area contributed by atoms with Gasteiger partial charge in [0, 0.05) is 17.6 Å². The van der Waals surface area contributed by atoms with Crippen LogP contribution in [0.2, 0.25) is 0 Å². The second-order valence-corrected chi connectivity index (χ2v) is 5.50. The molecule has 19 heavy (non-hydrogen) atoms. The van der Waals surface area contributed by atoms with E-state index in [1.165, 1.54) is 12.8 Å². The molecule has 0 bridgehead atoms. The molecule has 2 aliphatic rings. The fourth-order valence-corrected chi connectivity index (χ4v) is 3.43. The first-order chi connectivity index (χ1) is 9.20. The molecule has 0 unspecified atom stereocenters. The van der Waals surface area contributed by atoms with Crippen LogP contribution in [-0.2, 0) is 0 Å². The highest BCUT2D eigenvalue weighted by atomic mass is 16.4. The summed E-state index contributed by atoms with van der Waals surface area (Å²) in [5, 5.41) is 12.7. The third-order valence-electron chi connectivity index (χ3n) is 4.33. The number of allylic oxidation sites excluding steroid dienone is 2. The van der Waals surface area contributed by atoms with Gasteiger partial charge in [-0.2, -0.15) is 0 Å². The van der Waals surface area contributed by atoms with E-state index in [1.54, 1.807) is 6.07 Å². The first kappa shape index (κ1) is 12.3. The Morgan fingerprint density at radius 3 is 3.05 bits per heavy atom. The van der Waals surface area contributed by atoms with Crippen molar-refractivity contribution in [2.24, 2.45) is 5.92 Å². The average molecular weight is 257 g/mol. The summed E-state index contributed by atoms with van der Waals surface area (Å²) < 4.78 is 0. The lowest BCUT2D eigenvalue weighted by Gasteiger charge is -2.37. The molecule has 1 aliphatic heterocycles. The molecule has 0 saturated carbocycles. The van der Waals surface area contributed by atoms with Crippen LogP contribution in [0.1, 0.15) is 48.0 Å². The van der Waals surface area contributed by atoms with E-state index < -0.39 is 5.97 Å². The maximum atomic E-state index is 11.1. The molecule has 2 N–H and O–H groups in total. The fourth-order valence-electron chi connectivity index (χ4n) is 3.43. The van der Waals surface area contributed by atoms with Crippen LogP contribution < -0.4 is 5.32 Å². The topological polar surface area (TPSA) is 49.3 Å². The molecule has 1 aliphatic carbocycles. The summed E-state index contributed by atoms with van der Waals surface area (Å²) in [6.45, 7) is 2.21. The van der Waals surface area contributed by atoms with Crippen molar-refractivity contribution in [2.45, 2.75) is 38.1 Å². The minimum absolute atomic E-state index is 0.382. The van der Waals surface area contributed by atoms with Gasteiger partial charge in [-0.05, 0) is 42.5 Å². The SMILES string of the molecule is CCC[C@@H]1Nc2ccc(C(=O)O)cc2[C@@H]2C=CC[C@@H]12. The van der Waals surface area contributed by atoms with E-state index in [9.17, 15) is 4.79 Å². The Hall–Kier alpha value is -1.77. The second-order valence-electron chi connectivity index (χ2n) is 5.50. The van der Waals surface area contributed by atoms with Crippen LogP contribution in [0, 0.1) is 5.92 Å². The van der Waals surface area contributed by atoms with Gasteiger partial charge in [0.15, 0.2) is 0 Å². The maximum Gasteiger partial charge on any atom is 0.335 e. The molecule has 1 aromatic carbocycles. The lowest BCUT2D eigenvalue weighted by molar-refractivity contribution is 0.0696. The van der Waals surface area contributed by atoms with Crippen molar-refractivity contribution in [3.8, 4) is 0 Å². The van der Waals surface area contributed by atoms with Crippen molar-refractivity contribution in [1.29, 1.82) is 0 Å². The highest BCUT2D eigenvalue weighted by Crippen LogP contribution is 2.45. The molecule has 0 radical (unpaired) electrons. The lowest BCUT2D eigenvalue weighted by atomic mass is 9.77. The minimum Gasteiger partial charge on any atom is -0.478 e. The first-order valence-corrected chi connectivity index (χ1v) is 7.01. The molecule has 0 aromatic heterocycles. The summed E-state index contributed by atoms with van der Waals surface area (Å²) in [6, 6.07) is 5.95. The number of carboxylic acid groups (broad SMARTS) is 1. The Bertz CT molecular complexity index is 536. The number of aromatic carboxylic acids is 1. The first-order valence-electron chi connectivity index (χ1n) is 7.01. The van der Waals surface area contributed by atoms with E-state index >= 15 is 0 Å². The highest BCUT2D eigenvalue weighted by molar-refractivity contribution is 5.88. The normalized spacial score (nSPS) is 27.5. The molecule has 1 heterocycles. The monoisotopic (exact) mass is 257 g/mol. The van der Waals surface area contributed by atoms with Crippen molar-refractivity contribution < 1.29 is 9.90 Å². The molecular formula is C16H19NO2. The number of carbonyl (C=O) groups is 1. The molecule has 100 valence electrons. The van der Waals surface area contributed by atoms with Gasteiger partial charge in [0.1, 0.15) is 0 Å². The number of hydrogen-bond donors (Lipinski definition) is 2. The van der Waals surface area contributed by atoms with Crippen LogP contribution in [0.3, 0.4) is 0 Å². The van der Waals surface area contributed by atoms with E-state index in [0.29, 0.717) is 23.4 Å². The molecule has 1 aromatic rings. The standard InChI is InChI=1S/C16H19NO2/c1-2-4-14-12-6-3-5-11(12)13-9-10(16(18)19)7-8-15(13)17-14/h3,5,7-9,11-12,14,17H,2,4,6H2,1H3,(H,18,19)/t11-,12-,14+/m1/s1. The van der Waals surface area contributed by atoms with Crippen molar-refractivity contribution in [2.75, 3.05) is 5.32 Å². The summed E-state index contributed by atoms with van der Waals surface area (Å²) in [4.78, 5) is 11.1. The van der Waals surface area contributed by atoms with Gasteiger partial charge in [-0.25, -0.2) is 4.79 Å². The quantitative estimate of drug-likeness (QED) is 0.813. The molecule has 0 fully saturated rings. The maximum absolute atomic E-state index is 11.1. The molecular weight excluding hydrogens is 238 g/mol. The number of carboxylic acids is 1. The van der Waals surface area contributed by atoms with Gasteiger partial charge in [0.05, 0.1) is 5.56 Å². The predicted octanol–water partition coefficient (Wildman–Crippen LogP) is 3.64. The fraction of sp³-hybridized carbons (Fsp3) is 0.438. The number of fused-ring (bicyclic) bond motifs is 3. The second kappa shape index (κ2) is 4.72. The summed E-state index contributed by atoms with van der Waals surface area (Å²) in [6.07, 6.45) is 7.92. The Morgan fingerprint density at radius 2 is 2.32 bits per heavy atom. The number of hydrogen-bond acceptors (Lipinski definition) is 2. The molecule has 3 heteroatoms. The molecule has 3 nitrogen and oxygen atoms in total. The van der Waals surface area contributed by atoms with Gasteiger partial charge in [-0.15, -0.1) is 0 Å². The van der Waals surface area contributed by atoms with Gasteiger partial charge in [0.25, 0.3) is 0 Å². The van der Waals surface area contributed by atoms with Crippen LogP contribution >= 0.6 is 0 Å². The van der Waals surface area contributed by atoms with E-state index in [1.807, 2.05) is 12.1 Å². The van der Waals surface area contributed by atoms with Crippen molar-refractivity contribution in [3.63, 3.8) is 0 Å². The predicted molar refractivity (Wildman–Crippen MR) is 75.7 cm³/mol. The van der Waals surface area contributed by atoms with Gasteiger partial charge in [-0.1, -0.05) is 25.5 Å². The largest absolute Gasteiger partial charge is 0.478 e. The third kappa shape index (κ3) is 2.03. The minimum atomic E-state index is -0.850. The smallest absolute Gasteiger partial charge is 0.335 e. The zero-order chi connectivity index (χ0) is 13.4. The Labute approximate surface area is 113 Å². The summed E-state index contributed by atoms with van der Waals surface area (Å²) in [5.41, 5.74) is 2.63. The zero-order valence-electron chi connectivity index (χ0n) is 11.1. The van der Waals surface area contributed by atoms with E-state index in [0.717, 1.165) is 17.7 Å². The number of nitrogens with one attached hydrogen (secondary N) is 1. The Morgan fingerprint density at radius 1 is 1.47 bits per heavy atom. The number of rotatable bonds is 3. The summed E-state index contributed by atoms with van der Waals surface area (Å²) >= 11 is 0. The van der Waals surface area contributed by atoms with Crippen LogP contribution in [0.5, 0.6) is 0 Å². The Balaban J connectivity index is 2.00. The van der Waals surface area contributed by atoms with Crippen LogP contribution in [0.15, 0.2) is 30.4 Å². The lowest BCUT2D eigenvalue weighted by Crippen LogP contribution is -2.35. The molecule has 0 amide bonds. The van der Waals surface area contributed by atoms with Crippen molar-refractivity contribution >= 4 is 11.7 Å². The molecule has 0 spiro atoms. The van der Waals surface area contributed by atoms with Gasteiger partial charge >= 0.3 is 5.97 Å². The Kier molecular flexibility index (Phi) is 3.05. The van der Waals surface area contributed by atoms with Gasteiger partial charge in [-0.3, -0.25) is 0 Å². The van der Waals surface area contributed by atoms with Crippen molar-refractivity contribution in [1.82, 2.24) is 0 Å². The molecule has 3 atom stereocenters. The van der Waals surface area contributed by atoms with Crippen LogP contribution in [0.25, 0.3) is 0 Å². The van der Waals surface area contributed by atoms with E-state index in [2.05, 4.69) is 24.4 Å². The highest BCUT2D eigenvalue weighted by Gasteiger charge is 2.36. The van der Waals surface area contributed by atoms with Crippen LogP contribution in [-0.4, -0.2) is 17.1 Å². The summed E-state index contributed by atoms with van der Waals surface area (Å²) in [5.74, 6) is 0.112. The van der Waals surface area contributed by atoms with Gasteiger partial charge < -0.3 is 10.4 Å². The average Bonchev–Trinajstić information content (AvgIpc) is 2.88.